The topological polar surface area (TPSA) is 103 Å². The Kier molecular flexibility index (Phi) is 4.23. The summed E-state index contributed by atoms with van der Waals surface area (Å²) >= 11 is 0. The van der Waals surface area contributed by atoms with Crippen LogP contribution in [0.5, 0.6) is 11.5 Å². The van der Waals surface area contributed by atoms with Gasteiger partial charge in [-0.3, -0.25) is 20.2 Å². The molecule has 0 aromatic heterocycles. The lowest BCUT2D eigenvalue weighted by Crippen LogP contribution is -2.54. The number of carbonyl (C=O) groups is 1. The first-order valence-corrected chi connectivity index (χ1v) is 8.98. The molecule has 2 aliphatic heterocycles. The largest absolute Gasteiger partial charge is 0.493 e. The van der Waals surface area contributed by atoms with Crippen LogP contribution < -0.4 is 20.1 Å². The Morgan fingerprint density at radius 1 is 1.11 bits per heavy atom. The number of fused-ring (bicyclic) bond motifs is 2. The van der Waals surface area contributed by atoms with Gasteiger partial charge in [-0.25, -0.2) is 0 Å². The van der Waals surface area contributed by atoms with Gasteiger partial charge in [0.05, 0.1) is 20.1 Å². The maximum atomic E-state index is 13.0. The lowest BCUT2D eigenvalue weighted by molar-refractivity contribution is -0.532. The first-order valence-electron chi connectivity index (χ1n) is 8.98. The predicted molar refractivity (Wildman–Crippen MR) is 102 cm³/mol. The number of nitro groups is 1. The minimum atomic E-state index is -1.42. The third-order valence-corrected chi connectivity index (χ3v) is 5.76. The maximum absolute atomic E-state index is 13.0. The lowest BCUT2D eigenvalue weighted by atomic mass is 9.78. The van der Waals surface area contributed by atoms with Crippen molar-refractivity contribution in [3.63, 3.8) is 0 Å². The Morgan fingerprint density at radius 2 is 1.82 bits per heavy atom. The molecule has 1 fully saturated rings. The molecule has 0 radical (unpaired) electrons. The van der Waals surface area contributed by atoms with Gasteiger partial charge in [0.25, 0.3) is 11.9 Å². The summed E-state index contributed by atoms with van der Waals surface area (Å²) in [6, 6.07) is 10.9. The first kappa shape index (κ1) is 18.2. The number of hydrogen-bond acceptors (Lipinski definition) is 6. The van der Waals surface area contributed by atoms with Crippen LogP contribution in [0.2, 0.25) is 0 Å². The van der Waals surface area contributed by atoms with E-state index in [1.165, 1.54) is 14.2 Å². The first-order chi connectivity index (χ1) is 13.4. The van der Waals surface area contributed by atoms with Crippen LogP contribution in [0.15, 0.2) is 42.5 Å². The summed E-state index contributed by atoms with van der Waals surface area (Å²) in [6.07, 6.45) is 0. The molecule has 0 aliphatic carbocycles. The van der Waals surface area contributed by atoms with Gasteiger partial charge in [-0.05, 0) is 30.7 Å². The SMILES string of the molecule is COc1ccc([C@@H]2[C@H](C)N[C@@]3(C(=O)Nc4ccccc43)[C@@H]2[N+](=O)[O-])cc1OC. The number of methoxy groups -OCH3 is 2. The van der Waals surface area contributed by atoms with Crippen molar-refractivity contribution in [1.82, 2.24) is 5.32 Å². The molecule has 2 aromatic carbocycles. The molecule has 146 valence electrons. The third kappa shape index (κ3) is 2.37. The minimum Gasteiger partial charge on any atom is -0.493 e. The van der Waals surface area contributed by atoms with Gasteiger partial charge in [0.15, 0.2) is 17.0 Å². The zero-order valence-corrected chi connectivity index (χ0v) is 15.8. The second-order valence-corrected chi connectivity index (χ2v) is 7.11. The second-order valence-electron chi connectivity index (χ2n) is 7.11. The van der Waals surface area contributed by atoms with E-state index in [9.17, 15) is 14.9 Å². The fourth-order valence-electron chi connectivity index (χ4n) is 4.61. The van der Waals surface area contributed by atoms with Crippen LogP contribution in [0.3, 0.4) is 0 Å². The van der Waals surface area contributed by atoms with Crippen molar-refractivity contribution in [2.45, 2.75) is 30.5 Å². The standard InChI is InChI=1S/C20H21N3O5/c1-11-17(12-8-9-15(27-2)16(10-12)28-3)18(23(25)26)20(22-11)13-6-4-5-7-14(13)21-19(20)24/h4-11,17-18,22H,1-3H3,(H,21,24)/t11-,17-,18+,20+/m0/s1. The van der Waals surface area contributed by atoms with Gasteiger partial charge in [0, 0.05) is 22.2 Å². The number of hydrogen-bond donors (Lipinski definition) is 2. The number of benzene rings is 2. The molecule has 0 bridgehead atoms. The van der Waals surface area contributed by atoms with Gasteiger partial charge in [-0.2, -0.15) is 0 Å². The van der Waals surface area contributed by atoms with Gasteiger partial charge >= 0.3 is 0 Å². The van der Waals surface area contributed by atoms with E-state index < -0.39 is 23.4 Å². The summed E-state index contributed by atoms with van der Waals surface area (Å²) in [5.74, 6) is 0.102. The molecule has 8 heteroatoms. The van der Waals surface area contributed by atoms with E-state index >= 15 is 0 Å². The Morgan fingerprint density at radius 3 is 2.50 bits per heavy atom. The molecular weight excluding hydrogens is 362 g/mol. The minimum absolute atomic E-state index is 0.314. The highest BCUT2D eigenvalue weighted by atomic mass is 16.6. The molecule has 2 heterocycles. The number of carbonyl (C=O) groups excluding carboxylic acids is 1. The van der Waals surface area contributed by atoms with Crippen molar-refractivity contribution in [2.75, 3.05) is 19.5 Å². The maximum Gasteiger partial charge on any atom is 0.256 e. The average Bonchev–Trinajstić information content (AvgIpc) is 3.16. The van der Waals surface area contributed by atoms with Crippen molar-refractivity contribution in [2.24, 2.45) is 0 Å². The number of ether oxygens (including phenoxy) is 2. The quantitative estimate of drug-likeness (QED) is 0.620. The normalized spacial score (nSPS) is 28.1. The van der Waals surface area contributed by atoms with Crippen molar-refractivity contribution in [1.29, 1.82) is 0 Å². The van der Waals surface area contributed by atoms with Crippen molar-refractivity contribution < 1.29 is 19.2 Å². The fourth-order valence-corrected chi connectivity index (χ4v) is 4.61. The van der Waals surface area contributed by atoms with Crippen LogP contribution in [0, 0.1) is 10.1 Å². The molecule has 8 nitrogen and oxygen atoms in total. The summed E-state index contributed by atoms with van der Waals surface area (Å²) in [5.41, 5.74) is 0.508. The zero-order valence-electron chi connectivity index (χ0n) is 15.8. The fraction of sp³-hybridized carbons (Fsp3) is 0.350. The molecule has 1 saturated heterocycles. The number of rotatable bonds is 4. The monoisotopic (exact) mass is 383 g/mol. The lowest BCUT2D eigenvalue weighted by Gasteiger charge is -2.25. The van der Waals surface area contributed by atoms with Gasteiger partial charge in [-0.15, -0.1) is 0 Å². The van der Waals surface area contributed by atoms with E-state index in [2.05, 4.69) is 10.6 Å². The third-order valence-electron chi connectivity index (χ3n) is 5.76. The Balaban J connectivity index is 1.87. The van der Waals surface area contributed by atoms with Crippen LogP contribution in [0.1, 0.15) is 24.0 Å². The summed E-state index contributed by atoms with van der Waals surface area (Å²) in [5, 5.41) is 18.3. The molecule has 2 aromatic rings. The average molecular weight is 383 g/mol. The van der Waals surface area contributed by atoms with Gasteiger partial charge in [0.2, 0.25) is 0 Å². The van der Waals surface area contributed by atoms with Gasteiger partial charge in [-0.1, -0.05) is 24.3 Å². The Bertz CT molecular complexity index is 963. The highest BCUT2D eigenvalue weighted by molar-refractivity contribution is 6.07. The van der Waals surface area contributed by atoms with Crippen molar-refractivity contribution >= 4 is 11.6 Å². The molecule has 2 aliphatic rings. The van der Waals surface area contributed by atoms with E-state index in [4.69, 9.17) is 9.47 Å². The summed E-state index contributed by atoms with van der Waals surface area (Å²) in [7, 11) is 3.05. The summed E-state index contributed by atoms with van der Waals surface area (Å²) in [4.78, 5) is 24.9. The molecule has 1 spiro atoms. The molecule has 4 atom stereocenters. The Hall–Kier alpha value is -3.13. The van der Waals surface area contributed by atoms with Crippen LogP contribution >= 0.6 is 0 Å². The van der Waals surface area contributed by atoms with Crippen LogP contribution in [0.4, 0.5) is 5.69 Å². The molecule has 0 unspecified atom stereocenters. The van der Waals surface area contributed by atoms with Crippen molar-refractivity contribution in [3.8, 4) is 11.5 Å². The molecule has 28 heavy (non-hydrogen) atoms. The molecule has 1 amide bonds. The number of anilines is 1. The van der Waals surface area contributed by atoms with Gasteiger partial charge < -0.3 is 14.8 Å². The number of nitrogens with one attached hydrogen (secondary N) is 2. The summed E-state index contributed by atoms with van der Waals surface area (Å²) < 4.78 is 10.6. The second kappa shape index (κ2) is 6.49. The Labute approximate surface area is 162 Å². The molecule has 2 N–H and O–H groups in total. The van der Waals surface area contributed by atoms with Crippen LogP contribution in [0.25, 0.3) is 0 Å². The number of amides is 1. The van der Waals surface area contributed by atoms with E-state index in [1.54, 1.807) is 42.5 Å². The van der Waals surface area contributed by atoms with Gasteiger partial charge in [0.1, 0.15) is 0 Å². The summed E-state index contributed by atoms with van der Waals surface area (Å²) in [6.45, 7) is 1.86. The molecule has 4 rings (SSSR count). The highest BCUT2D eigenvalue weighted by Gasteiger charge is 2.67. The van der Waals surface area contributed by atoms with Crippen LogP contribution in [-0.4, -0.2) is 37.1 Å². The smallest absolute Gasteiger partial charge is 0.256 e. The van der Waals surface area contributed by atoms with E-state index in [0.717, 1.165) is 0 Å². The predicted octanol–water partition coefficient (Wildman–Crippen LogP) is 2.27. The van der Waals surface area contributed by atoms with E-state index in [1.807, 2.05) is 6.92 Å². The van der Waals surface area contributed by atoms with Crippen LogP contribution in [-0.2, 0) is 10.3 Å². The van der Waals surface area contributed by atoms with E-state index in [0.29, 0.717) is 28.3 Å². The zero-order chi connectivity index (χ0) is 20.1. The molecular formula is C20H21N3O5. The number of nitrogens with zero attached hydrogens (tertiary/aromatic N) is 1. The number of para-hydroxylation sites is 1. The molecule has 0 saturated carbocycles. The van der Waals surface area contributed by atoms with Crippen molar-refractivity contribution in [3.05, 3.63) is 63.7 Å². The van der Waals surface area contributed by atoms with E-state index in [-0.39, 0.29) is 11.0 Å². The highest BCUT2D eigenvalue weighted by Crippen LogP contribution is 2.50.